The van der Waals surface area contributed by atoms with Crippen molar-refractivity contribution >= 4 is 23.7 Å². The lowest BCUT2D eigenvalue weighted by Gasteiger charge is -2.32. The maximum Gasteiger partial charge on any atom is 0.410 e. The van der Waals surface area contributed by atoms with E-state index >= 15 is 0 Å². The zero-order valence-corrected chi connectivity index (χ0v) is 18.0. The maximum atomic E-state index is 12.3. The number of likely N-dealkylation sites (tertiary alicyclic amines) is 1. The van der Waals surface area contributed by atoms with Crippen molar-refractivity contribution in [3.05, 3.63) is 29.3 Å². The molecule has 0 unspecified atom stereocenters. The Hall–Kier alpha value is -2.57. The second-order valence-corrected chi connectivity index (χ2v) is 8.36. The van der Waals surface area contributed by atoms with E-state index in [9.17, 15) is 14.4 Å². The lowest BCUT2D eigenvalue weighted by atomic mass is 9.97. The van der Waals surface area contributed by atoms with Crippen molar-refractivity contribution in [1.82, 2.24) is 4.90 Å². The van der Waals surface area contributed by atoms with Crippen LogP contribution in [-0.2, 0) is 25.5 Å². The molecule has 1 heterocycles. The van der Waals surface area contributed by atoms with Crippen LogP contribution >= 0.6 is 0 Å². The molecule has 1 aromatic rings. The average Bonchev–Trinajstić information content (AvgIpc) is 2.66. The molecule has 2 rings (SSSR count). The van der Waals surface area contributed by atoms with Crippen LogP contribution in [0.25, 0.3) is 0 Å². The summed E-state index contributed by atoms with van der Waals surface area (Å²) in [6.45, 7) is 9.96. The average molecular weight is 405 g/mol. The molecule has 1 aromatic carbocycles. The van der Waals surface area contributed by atoms with Gasteiger partial charge in [-0.3, -0.25) is 9.59 Å². The number of amides is 2. The molecule has 7 nitrogen and oxygen atoms in total. The number of ether oxygens (including phenoxy) is 2. The molecule has 1 aliphatic rings. The highest BCUT2D eigenvalue weighted by atomic mass is 16.6. The quantitative estimate of drug-likeness (QED) is 0.757. The number of carbonyl (C=O) groups excluding carboxylic acids is 3. The van der Waals surface area contributed by atoms with Crippen LogP contribution in [0.1, 0.15) is 51.7 Å². The van der Waals surface area contributed by atoms with Crippen LogP contribution in [0.5, 0.6) is 0 Å². The number of anilines is 1. The van der Waals surface area contributed by atoms with E-state index in [0.29, 0.717) is 25.9 Å². The van der Waals surface area contributed by atoms with Gasteiger partial charge in [0.1, 0.15) is 5.60 Å². The molecule has 0 spiro atoms. The zero-order valence-electron chi connectivity index (χ0n) is 18.0. The maximum absolute atomic E-state index is 12.3. The molecule has 1 N–H and O–H groups in total. The molecule has 1 saturated heterocycles. The van der Waals surface area contributed by atoms with Gasteiger partial charge in [-0.1, -0.05) is 25.1 Å². The van der Waals surface area contributed by atoms with Crippen molar-refractivity contribution in [2.24, 2.45) is 5.92 Å². The van der Waals surface area contributed by atoms with E-state index in [1.165, 1.54) is 0 Å². The normalized spacial score (nSPS) is 15.0. The van der Waals surface area contributed by atoms with E-state index in [4.69, 9.17) is 9.47 Å². The fraction of sp³-hybridized carbons (Fsp3) is 0.591. The number of hydrogen-bond donors (Lipinski definition) is 1. The molecule has 0 bridgehead atoms. The Labute approximate surface area is 172 Å². The third kappa shape index (κ3) is 6.76. The van der Waals surface area contributed by atoms with Gasteiger partial charge in [0.2, 0.25) is 0 Å². The Kier molecular flexibility index (Phi) is 7.65. The predicted octanol–water partition coefficient (Wildman–Crippen LogP) is 3.69. The first-order valence-electron chi connectivity index (χ1n) is 10.1. The Morgan fingerprint density at radius 2 is 1.83 bits per heavy atom. The molecule has 29 heavy (non-hydrogen) atoms. The van der Waals surface area contributed by atoms with E-state index in [1.807, 2.05) is 52.8 Å². The fourth-order valence-electron chi connectivity index (χ4n) is 3.26. The van der Waals surface area contributed by atoms with Crippen LogP contribution in [0.3, 0.4) is 0 Å². The zero-order chi connectivity index (χ0) is 21.6. The van der Waals surface area contributed by atoms with Gasteiger partial charge in [-0.05, 0) is 58.1 Å². The van der Waals surface area contributed by atoms with Crippen molar-refractivity contribution in [3.63, 3.8) is 0 Å². The van der Waals surface area contributed by atoms with E-state index < -0.39 is 11.6 Å². The number of aryl methyl sites for hydroxylation is 2. The third-order valence-corrected chi connectivity index (χ3v) is 4.83. The first-order chi connectivity index (χ1) is 13.6. The van der Waals surface area contributed by atoms with Crippen LogP contribution in [-0.4, -0.2) is 48.2 Å². The monoisotopic (exact) mass is 404 g/mol. The number of para-hydroxylation sites is 1. The molecule has 0 atom stereocenters. The number of piperidine rings is 1. The minimum Gasteiger partial charge on any atom is -0.455 e. The van der Waals surface area contributed by atoms with E-state index in [0.717, 1.165) is 23.2 Å². The SMILES string of the molecule is CCc1cccc(C)c1NC(=O)COC(=O)C1CCN(C(=O)OC(C)(C)C)CC1. The molecule has 160 valence electrons. The van der Waals surface area contributed by atoms with E-state index in [1.54, 1.807) is 4.90 Å². The Bertz CT molecular complexity index is 746. The minimum absolute atomic E-state index is 0.314. The molecule has 1 aliphatic heterocycles. The summed E-state index contributed by atoms with van der Waals surface area (Å²) in [5.74, 6) is -1.07. The van der Waals surface area contributed by atoms with Crippen LogP contribution in [0.2, 0.25) is 0 Å². The summed E-state index contributed by atoms with van der Waals surface area (Å²) in [6, 6.07) is 5.85. The first-order valence-corrected chi connectivity index (χ1v) is 10.1. The van der Waals surface area contributed by atoms with E-state index in [2.05, 4.69) is 5.32 Å². The highest BCUT2D eigenvalue weighted by molar-refractivity contribution is 5.94. The Balaban J connectivity index is 1.79. The first kappa shape index (κ1) is 22.7. The van der Waals surface area contributed by atoms with Gasteiger partial charge in [0, 0.05) is 18.8 Å². The number of rotatable bonds is 5. The van der Waals surface area contributed by atoms with Gasteiger partial charge in [-0.2, -0.15) is 0 Å². The largest absolute Gasteiger partial charge is 0.455 e. The van der Waals surface area contributed by atoms with Gasteiger partial charge in [0.05, 0.1) is 5.92 Å². The van der Waals surface area contributed by atoms with Crippen molar-refractivity contribution in [2.45, 2.75) is 59.5 Å². The summed E-state index contributed by atoms with van der Waals surface area (Å²) in [7, 11) is 0. The molecule has 0 aromatic heterocycles. The van der Waals surface area contributed by atoms with Crippen LogP contribution in [0.4, 0.5) is 10.5 Å². The summed E-state index contributed by atoms with van der Waals surface area (Å²) in [5.41, 5.74) is 2.24. The smallest absolute Gasteiger partial charge is 0.410 e. The second kappa shape index (κ2) is 9.76. The van der Waals surface area contributed by atoms with Crippen LogP contribution in [0.15, 0.2) is 18.2 Å². The summed E-state index contributed by atoms with van der Waals surface area (Å²) < 4.78 is 10.6. The molecule has 1 fully saturated rings. The topological polar surface area (TPSA) is 84.9 Å². The second-order valence-electron chi connectivity index (χ2n) is 8.36. The van der Waals surface area contributed by atoms with Gasteiger partial charge in [0.25, 0.3) is 5.91 Å². The number of nitrogens with zero attached hydrogens (tertiary/aromatic N) is 1. The van der Waals surface area contributed by atoms with Gasteiger partial charge < -0.3 is 19.7 Å². The molecule has 7 heteroatoms. The van der Waals surface area contributed by atoms with Crippen molar-refractivity contribution in [3.8, 4) is 0 Å². The number of benzene rings is 1. The number of esters is 1. The summed E-state index contributed by atoms with van der Waals surface area (Å²) >= 11 is 0. The van der Waals surface area contributed by atoms with Crippen molar-refractivity contribution in [1.29, 1.82) is 0 Å². The lowest BCUT2D eigenvalue weighted by molar-refractivity contribution is -0.153. The Morgan fingerprint density at radius 1 is 1.17 bits per heavy atom. The molecule has 0 saturated carbocycles. The highest BCUT2D eigenvalue weighted by Crippen LogP contribution is 2.22. The third-order valence-electron chi connectivity index (χ3n) is 4.83. The lowest BCUT2D eigenvalue weighted by Crippen LogP contribution is -2.43. The van der Waals surface area contributed by atoms with Crippen LogP contribution in [0, 0.1) is 12.8 Å². The molecule has 0 radical (unpaired) electrons. The molecule has 0 aliphatic carbocycles. The highest BCUT2D eigenvalue weighted by Gasteiger charge is 2.31. The van der Waals surface area contributed by atoms with Gasteiger partial charge in [-0.15, -0.1) is 0 Å². The van der Waals surface area contributed by atoms with E-state index in [-0.39, 0.29) is 24.5 Å². The van der Waals surface area contributed by atoms with Crippen molar-refractivity contribution in [2.75, 3.05) is 25.0 Å². The summed E-state index contributed by atoms with van der Waals surface area (Å²) in [5, 5.41) is 2.85. The summed E-state index contributed by atoms with van der Waals surface area (Å²) in [6.07, 6.45) is 1.43. The van der Waals surface area contributed by atoms with Crippen molar-refractivity contribution < 1.29 is 23.9 Å². The van der Waals surface area contributed by atoms with Gasteiger partial charge in [0.15, 0.2) is 6.61 Å². The summed E-state index contributed by atoms with van der Waals surface area (Å²) in [4.78, 5) is 38.2. The number of nitrogens with one attached hydrogen (secondary N) is 1. The Morgan fingerprint density at radius 3 is 2.41 bits per heavy atom. The van der Waals surface area contributed by atoms with Crippen LogP contribution < -0.4 is 5.32 Å². The number of carbonyl (C=O) groups is 3. The molecule has 2 amide bonds. The standard InChI is InChI=1S/C22H32N2O5/c1-6-16-9-7-8-15(2)19(16)23-18(25)14-28-20(26)17-10-12-24(13-11-17)21(27)29-22(3,4)5/h7-9,17H,6,10-14H2,1-5H3,(H,23,25). The molecular formula is C22H32N2O5. The van der Waals surface area contributed by atoms with Gasteiger partial charge in [-0.25, -0.2) is 4.79 Å². The number of hydrogen-bond acceptors (Lipinski definition) is 5. The molecular weight excluding hydrogens is 372 g/mol. The van der Waals surface area contributed by atoms with Gasteiger partial charge >= 0.3 is 12.1 Å². The predicted molar refractivity (Wildman–Crippen MR) is 111 cm³/mol. The minimum atomic E-state index is -0.547. The fourth-order valence-corrected chi connectivity index (χ4v) is 3.26.